The maximum atomic E-state index is 8.94. The van der Waals surface area contributed by atoms with E-state index in [0.717, 1.165) is 0 Å². The van der Waals surface area contributed by atoms with E-state index in [1.807, 2.05) is 0 Å². The van der Waals surface area contributed by atoms with Crippen molar-refractivity contribution in [1.29, 1.82) is 0 Å². The first-order valence-electron chi connectivity index (χ1n) is 13.9. The fraction of sp³-hybridized carbons (Fsp3) is 1.00. The van der Waals surface area contributed by atoms with Gasteiger partial charge in [0.25, 0.3) is 0 Å². The quantitative estimate of drug-likeness (QED) is 0.198. The normalized spacial score (nSPS) is 17.9. The summed E-state index contributed by atoms with van der Waals surface area (Å²) in [6.07, 6.45) is 0. The molecule has 3 radical (unpaired) electrons. The molecule has 9 heteroatoms. The van der Waals surface area contributed by atoms with Crippen molar-refractivity contribution in [3.05, 3.63) is 0 Å². The average Bonchev–Trinajstić information content (AvgIpc) is 2.58. The SMILES string of the molecule is CC(C)(C)[Si](C)([Si](Cl)[Si@](Cl)([Si](=[Ge])[Si](C)(C(C)(C)C)C(C)(C)C)[Si](C)(C(C)(C)C)C(C)(C)C)C(C)(C)C. The van der Waals surface area contributed by atoms with Crippen LogP contribution in [0.3, 0.4) is 0 Å². The van der Waals surface area contributed by atoms with Crippen molar-refractivity contribution in [2.75, 3.05) is 0 Å². The summed E-state index contributed by atoms with van der Waals surface area (Å²) in [5.41, 5.74) is 0. The second kappa shape index (κ2) is 10.6. The molecule has 213 valence electrons. The summed E-state index contributed by atoms with van der Waals surface area (Å²) < 4.78 is 0. The van der Waals surface area contributed by atoms with Gasteiger partial charge in [0.15, 0.2) is 0 Å². The molecule has 0 aromatic heterocycles. The molecular weight excluding hydrogens is 636 g/mol. The van der Waals surface area contributed by atoms with Crippen LogP contribution in [0.15, 0.2) is 0 Å². The van der Waals surface area contributed by atoms with E-state index in [-0.39, 0.29) is 30.2 Å². The van der Waals surface area contributed by atoms with Crippen LogP contribution in [0.25, 0.3) is 0 Å². The van der Waals surface area contributed by atoms with Crippen LogP contribution in [0.4, 0.5) is 0 Å². The molecular formula is C27H63Cl2GeSi6. The topological polar surface area (TPSA) is 0 Å². The van der Waals surface area contributed by atoms with E-state index < -0.39 is 41.7 Å². The average molecular weight is 700 g/mol. The third-order valence-corrected chi connectivity index (χ3v) is 152. The van der Waals surface area contributed by atoms with Crippen LogP contribution in [-0.4, -0.2) is 57.1 Å². The molecule has 0 amide bonds. The molecule has 0 N–H and O–H groups in total. The van der Waals surface area contributed by atoms with Gasteiger partial charge in [-0.2, -0.15) is 0 Å². The molecule has 1 atom stereocenters. The van der Waals surface area contributed by atoms with Gasteiger partial charge in [-0.3, -0.25) is 0 Å². The van der Waals surface area contributed by atoms with E-state index in [1.54, 1.807) is 0 Å². The molecule has 0 rings (SSSR count). The minimum absolute atomic E-state index is 0.201. The molecule has 0 aromatic carbocycles. The molecule has 0 saturated carbocycles. The summed E-state index contributed by atoms with van der Waals surface area (Å²) in [4.78, 5) is 0. The van der Waals surface area contributed by atoms with E-state index >= 15 is 0 Å². The first kappa shape index (κ1) is 38.4. The molecule has 0 bridgehead atoms. The van der Waals surface area contributed by atoms with Gasteiger partial charge >= 0.3 is 254 Å². The molecule has 0 fully saturated rings. The Bertz CT molecular complexity index is 774. The van der Waals surface area contributed by atoms with E-state index in [9.17, 15) is 0 Å². The van der Waals surface area contributed by atoms with Gasteiger partial charge in [-0.25, -0.2) is 0 Å². The van der Waals surface area contributed by atoms with Crippen LogP contribution < -0.4 is 0 Å². The van der Waals surface area contributed by atoms with Gasteiger partial charge in [0.1, 0.15) is 0 Å². The number of rotatable bonds is 5. The third kappa shape index (κ3) is 5.72. The first-order chi connectivity index (χ1) is 15.1. The van der Waals surface area contributed by atoms with Crippen molar-refractivity contribution < 1.29 is 0 Å². The van der Waals surface area contributed by atoms with Gasteiger partial charge in [-0.05, 0) is 0 Å². The van der Waals surface area contributed by atoms with Crippen molar-refractivity contribution in [3.63, 3.8) is 0 Å². The molecule has 0 aliphatic carbocycles. The zero-order valence-electron chi connectivity index (χ0n) is 28.3. The molecule has 0 heterocycles. The van der Waals surface area contributed by atoms with Gasteiger partial charge in [0, 0.05) is 0 Å². The van der Waals surface area contributed by atoms with Gasteiger partial charge in [-0.15, -0.1) is 0 Å². The zero-order chi connectivity index (χ0) is 30.2. The Labute approximate surface area is 251 Å². The van der Waals surface area contributed by atoms with Crippen molar-refractivity contribution >= 4 is 79.3 Å². The molecule has 0 nitrogen and oxygen atoms in total. The van der Waals surface area contributed by atoms with Gasteiger partial charge in [0.2, 0.25) is 0 Å². The van der Waals surface area contributed by atoms with Crippen LogP contribution in [0, 0.1) is 0 Å². The number of hydrogen-bond donors (Lipinski definition) is 0. The van der Waals surface area contributed by atoms with Gasteiger partial charge in [0.05, 0.1) is 0 Å². The van der Waals surface area contributed by atoms with E-state index in [0.29, 0.717) is 0 Å². The Hall–Kier alpha value is 2.42. The number of halogens is 2. The monoisotopic (exact) mass is 699 g/mol. The summed E-state index contributed by atoms with van der Waals surface area (Å²) in [7, 11) is -7.41. The molecule has 0 aliphatic heterocycles. The Morgan fingerprint density at radius 3 is 0.861 bits per heavy atom. The van der Waals surface area contributed by atoms with E-state index in [2.05, 4.69) is 160 Å². The van der Waals surface area contributed by atoms with Gasteiger partial charge in [-0.1, -0.05) is 0 Å². The van der Waals surface area contributed by atoms with E-state index in [4.69, 9.17) is 22.2 Å². The summed E-state index contributed by atoms with van der Waals surface area (Å²) in [5, 5.41) is 1.39. The fourth-order valence-electron chi connectivity index (χ4n) is 7.09. The summed E-state index contributed by atoms with van der Waals surface area (Å²) >= 11 is 20.1. The fourth-order valence-corrected chi connectivity index (χ4v) is 221. The van der Waals surface area contributed by atoms with Crippen molar-refractivity contribution in [2.45, 2.75) is 174 Å². The van der Waals surface area contributed by atoms with Gasteiger partial charge < -0.3 is 0 Å². The second-order valence-electron chi connectivity index (χ2n) is 18.2. The molecule has 0 aliphatic rings. The summed E-state index contributed by atoms with van der Waals surface area (Å²) in [6, 6.07) is 0. The van der Waals surface area contributed by atoms with Crippen LogP contribution in [-0.2, 0) is 0 Å². The predicted molar refractivity (Wildman–Crippen MR) is 188 cm³/mol. The Morgan fingerprint density at radius 1 is 0.472 bits per heavy atom. The number of hydrogen-bond acceptors (Lipinski definition) is 0. The minimum atomic E-state index is -2.49. The predicted octanol–water partition coefficient (Wildman–Crippen LogP) is 11.0. The van der Waals surface area contributed by atoms with Crippen molar-refractivity contribution in [3.8, 4) is 0 Å². The molecule has 36 heavy (non-hydrogen) atoms. The summed E-state index contributed by atoms with van der Waals surface area (Å²) in [6.45, 7) is 53.7. The van der Waals surface area contributed by atoms with Crippen LogP contribution in [0.5, 0.6) is 0 Å². The van der Waals surface area contributed by atoms with Crippen LogP contribution >= 0.6 is 22.2 Å². The molecule has 0 spiro atoms. The Balaban J connectivity index is 8.38. The Kier molecular flexibility index (Phi) is 11.3. The molecule has 0 unspecified atom stereocenters. The Morgan fingerprint density at radius 2 is 0.694 bits per heavy atom. The summed E-state index contributed by atoms with van der Waals surface area (Å²) in [5.74, 6) is -3.43. The van der Waals surface area contributed by atoms with E-state index in [1.165, 1.54) is 0 Å². The molecule has 0 saturated heterocycles. The van der Waals surface area contributed by atoms with Crippen molar-refractivity contribution in [1.82, 2.24) is 0 Å². The second-order valence-corrected chi connectivity index (χ2v) is 82.9. The van der Waals surface area contributed by atoms with Crippen LogP contribution in [0.1, 0.15) is 125 Å². The van der Waals surface area contributed by atoms with Crippen LogP contribution in [0.2, 0.25) is 49.9 Å². The molecule has 0 aromatic rings. The first-order valence-corrected chi connectivity index (χ1v) is 36.5. The maximum absolute atomic E-state index is 8.94. The van der Waals surface area contributed by atoms with Crippen molar-refractivity contribution in [2.24, 2.45) is 0 Å². The third-order valence-electron chi connectivity index (χ3n) is 11.3. The zero-order valence-corrected chi connectivity index (χ0v) is 37.9. The standard InChI is InChI=1S/C27H63Cl2GeSi6/c1-22(2,3)33(19,23(4,5)6)31(28)36(29,35(21,26(13,14)15)27(16,17)18)32(30)34(20,24(7,8)9)25(10,11)12/h1-21H3/t36-/m1/s1.